The number of carbonyl (C=O) groups is 2. The largest absolute Gasteiger partial charge is 0.481 e. The Kier molecular flexibility index (Phi) is 5.30. The third-order valence-corrected chi connectivity index (χ3v) is 2.33. The van der Waals surface area contributed by atoms with Crippen molar-refractivity contribution in [2.45, 2.75) is 0 Å². The SMILES string of the molecule is CN(C)C(=O)/C(C#N)=C\c1ccccc1OCC(=O)O. The third-order valence-electron chi connectivity index (χ3n) is 2.33. The van der Waals surface area contributed by atoms with Crippen LogP contribution < -0.4 is 4.74 Å². The van der Waals surface area contributed by atoms with E-state index >= 15 is 0 Å². The Hall–Kier alpha value is -2.81. The van der Waals surface area contributed by atoms with Gasteiger partial charge in [-0.05, 0) is 12.1 Å². The molecule has 0 unspecified atom stereocenters. The van der Waals surface area contributed by atoms with Crippen LogP contribution in [0.1, 0.15) is 5.56 Å². The monoisotopic (exact) mass is 274 g/mol. The highest BCUT2D eigenvalue weighted by Crippen LogP contribution is 2.21. The maximum Gasteiger partial charge on any atom is 0.341 e. The second-order valence-corrected chi connectivity index (χ2v) is 4.09. The van der Waals surface area contributed by atoms with Crippen LogP contribution >= 0.6 is 0 Å². The summed E-state index contributed by atoms with van der Waals surface area (Å²) in [5.41, 5.74) is 0.418. The standard InChI is InChI=1S/C14H14N2O4/c1-16(2)14(19)11(8-15)7-10-5-3-4-6-12(10)20-9-13(17)18/h3-7H,9H2,1-2H3,(H,17,18)/b11-7-. The van der Waals surface area contributed by atoms with Gasteiger partial charge in [0.15, 0.2) is 6.61 Å². The van der Waals surface area contributed by atoms with Gasteiger partial charge in [-0.1, -0.05) is 18.2 Å². The van der Waals surface area contributed by atoms with Gasteiger partial charge in [-0.2, -0.15) is 5.26 Å². The number of hydrogen-bond donors (Lipinski definition) is 1. The van der Waals surface area contributed by atoms with Crippen molar-refractivity contribution in [3.05, 3.63) is 35.4 Å². The second-order valence-electron chi connectivity index (χ2n) is 4.09. The Morgan fingerprint density at radius 1 is 1.40 bits per heavy atom. The minimum atomic E-state index is -1.10. The first-order chi connectivity index (χ1) is 9.45. The molecular formula is C14H14N2O4. The molecule has 0 aliphatic carbocycles. The van der Waals surface area contributed by atoms with Crippen molar-refractivity contribution in [1.29, 1.82) is 5.26 Å². The van der Waals surface area contributed by atoms with Gasteiger partial charge in [-0.25, -0.2) is 4.79 Å². The smallest absolute Gasteiger partial charge is 0.341 e. The van der Waals surface area contributed by atoms with Crippen LogP contribution in [0.5, 0.6) is 5.75 Å². The van der Waals surface area contributed by atoms with Gasteiger partial charge in [0.25, 0.3) is 5.91 Å². The van der Waals surface area contributed by atoms with Crippen LogP contribution in [0, 0.1) is 11.3 Å². The first kappa shape index (κ1) is 15.2. The van der Waals surface area contributed by atoms with Crippen LogP contribution in [0.4, 0.5) is 0 Å². The average Bonchev–Trinajstić information content (AvgIpc) is 2.42. The fourth-order valence-electron chi connectivity index (χ4n) is 1.41. The minimum absolute atomic E-state index is 0.0543. The van der Waals surface area contributed by atoms with E-state index in [1.165, 1.54) is 11.0 Å². The van der Waals surface area contributed by atoms with E-state index in [0.717, 1.165) is 0 Å². The molecule has 0 bridgehead atoms. The molecule has 1 aromatic rings. The van der Waals surface area contributed by atoms with Gasteiger partial charge in [0.1, 0.15) is 17.4 Å². The molecule has 0 spiro atoms. The summed E-state index contributed by atoms with van der Waals surface area (Å²) >= 11 is 0. The van der Waals surface area contributed by atoms with E-state index < -0.39 is 18.5 Å². The van der Waals surface area contributed by atoms with Crippen molar-refractivity contribution in [2.75, 3.05) is 20.7 Å². The molecule has 104 valence electrons. The first-order valence-corrected chi connectivity index (χ1v) is 5.72. The Morgan fingerprint density at radius 3 is 2.60 bits per heavy atom. The zero-order valence-corrected chi connectivity index (χ0v) is 11.2. The second kappa shape index (κ2) is 6.95. The van der Waals surface area contributed by atoms with Crippen molar-refractivity contribution in [2.24, 2.45) is 0 Å². The predicted molar refractivity (Wildman–Crippen MR) is 71.9 cm³/mol. The summed E-state index contributed by atoms with van der Waals surface area (Å²) in [6.07, 6.45) is 1.37. The average molecular weight is 274 g/mol. The summed E-state index contributed by atoms with van der Waals surface area (Å²) < 4.78 is 5.11. The topological polar surface area (TPSA) is 90.6 Å². The summed E-state index contributed by atoms with van der Waals surface area (Å²) in [4.78, 5) is 23.5. The Bertz CT molecular complexity index is 585. The number of carboxylic acids is 1. The number of benzene rings is 1. The molecule has 20 heavy (non-hydrogen) atoms. The molecule has 0 radical (unpaired) electrons. The number of hydrogen-bond acceptors (Lipinski definition) is 4. The number of likely N-dealkylation sites (N-methyl/N-ethyl adjacent to an activating group) is 1. The van der Waals surface area contributed by atoms with Crippen LogP contribution in [-0.2, 0) is 9.59 Å². The number of rotatable bonds is 5. The molecule has 0 aromatic heterocycles. The highest BCUT2D eigenvalue weighted by Gasteiger charge is 2.12. The van der Waals surface area contributed by atoms with E-state index in [0.29, 0.717) is 11.3 Å². The van der Waals surface area contributed by atoms with Gasteiger partial charge in [-0.3, -0.25) is 4.79 Å². The number of nitriles is 1. The number of ether oxygens (including phenoxy) is 1. The molecule has 0 heterocycles. The maximum atomic E-state index is 11.8. The molecule has 0 aliphatic heterocycles. The molecule has 6 heteroatoms. The molecule has 1 aromatic carbocycles. The van der Waals surface area contributed by atoms with Gasteiger partial charge in [-0.15, -0.1) is 0 Å². The maximum absolute atomic E-state index is 11.8. The van der Waals surface area contributed by atoms with Crippen molar-refractivity contribution >= 4 is 18.0 Å². The van der Waals surface area contributed by atoms with Gasteiger partial charge in [0.2, 0.25) is 0 Å². The fraction of sp³-hybridized carbons (Fsp3) is 0.214. The number of amides is 1. The lowest BCUT2D eigenvalue weighted by Crippen LogP contribution is -2.22. The Morgan fingerprint density at radius 2 is 2.05 bits per heavy atom. The predicted octanol–water partition coefficient (Wildman–Crippen LogP) is 1.15. The van der Waals surface area contributed by atoms with Crippen molar-refractivity contribution < 1.29 is 19.4 Å². The van der Waals surface area contributed by atoms with Crippen LogP contribution in [0.15, 0.2) is 29.8 Å². The van der Waals surface area contributed by atoms with E-state index in [1.54, 1.807) is 38.4 Å². The Balaban J connectivity index is 3.10. The van der Waals surface area contributed by atoms with Crippen molar-refractivity contribution in [1.82, 2.24) is 4.90 Å². The van der Waals surface area contributed by atoms with Gasteiger partial charge < -0.3 is 14.7 Å². The third kappa shape index (κ3) is 4.14. The quantitative estimate of drug-likeness (QED) is 0.642. The molecule has 6 nitrogen and oxygen atoms in total. The highest BCUT2D eigenvalue weighted by atomic mass is 16.5. The van der Waals surface area contributed by atoms with E-state index in [2.05, 4.69) is 0 Å². The highest BCUT2D eigenvalue weighted by molar-refractivity contribution is 6.01. The lowest BCUT2D eigenvalue weighted by atomic mass is 10.1. The Labute approximate surface area is 116 Å². The molecule has 1 N–H and O–H groups in total. The van der Waals surface area contributed by atoms with E-state index in [1.807, 2.05) is 6.07 Å². The molecule has 0 fully saturated rings. The first-order valence-electron chi connectivity index (χ1n) is 5.72. The van der Waals surface area contributed by atoms with Gasteiger partial charge in [0.05, 0.1) is 0 Å². The van der Waals surface area contributed by atoms with Crippen LogP contribution in [0.3, 0.4) is 0 Å². The zero-order chi connectivity index (χ0) is 15.1. The lowest BCUT2D eigenvalue weighted by molar-refractivity contribution is -0.139. The van der Waals surface area contributed by atoms with E-state index in [4.69, 9.17) is 15.1 Å². The van der Waals surface area contributed by atoms with Crippen LogP contribution in [-0.4, -0.2) is 42.6 Å². The van der Waals surface area contributed by atoms with Crippen LogP contribution in [0.25, 0.3) is 6.08 Å². The molecule has 0 saturated carbocycles. The van der Waals surface area contributed by atoms with E-state index in [9.17, 15) is 9.59 Å². The van der Waals surface area contributed by atoms with Gasteiger partial charge in [0, 0.05) is 19.7 Å². The molecule has 0 saturated heterocycles. The number of carbonyl (C=O) groups excluding carboxylic acids is 1. The van der Waals surface area contributed by atoms with E-state index in [-0.39, 0.29) is 5.57 Å². The molecule has 1 amide bonds. The van der Waals surface area contributed by atoms with Crippen molar-refractivity contribution in [3.8, 4) is 11.8 Å². The summed E-state index contributed by atoms with van der Waals surface area (Å²) in [6, 6.07) is 8.41. The van der Waals surface area contributed by atoms with Crippen molar-refractivity contribution in [3.63, 3.8) is 0 Å². The van der Waals surface area contributed by atoms with Gasteiger partial charge >= 0.3 is 5.97 Å². The molecule has 0 aliphatic rings. The zero-order valence-electron chi connectivity index (χ0n) is 11.2. The summed E-state index contributed by atoms with van der Waals surface area (Å²) in [5.74, 6) is -1.23. The number of nitrogens with zero attached hydrogens (tertiary/aromatic N) is 2. The minimum Gasteiger partial charge on any atom is -0.481 e. The summed E-state index contributed by atoms with van der Waals surface area (Å²) in [7, 11) is 3.08. The molecule has 0 atom stereocenters. The normalized spacial score (nSPS) is 10.6. The summed E-state index contributed by atoms with van der Waals surface area (Å²) in [6.45, 7) is -0.492. The molecule has 1 rings (SSSR count). The summed E-state index contributed by atoms with van der Waals surface area (Å²) in [5, 5.41) is 17.6. The number of aliphatic carboxylic acids is 1. The van der Waals surface area contributed by atoms with Crippen LogP contribution in [0.2, 0.25) is 0 Å². The molecular weight excluding hydrogens is 260 g/mol. The fourth-order valence-corrected chi connectivity index (χ4v) is 1.41. The number of para-hydroxylation sites is 1. The lowest BCUT2D eigenvalue weighted by Gasteiger charge is -2.10. The number of carboxylic acid groups (broad SMARTS) is 1.